The molecule has 3 rings (SSSR count). The highest BCUT2D eigenvalue weighted by molar-refractivity contribution is 5.78. The average Bonchev–Trinajstić information content (AvgIpc) is 2.72. The van der Waals surface area contributed by atoms with Crippen LogP contribution >= 0.6 is 0 Å². The van der Waals surface area contributed by atoms with Crippen molar-refractivity contribution in [2.75, 3.05) is 51.3 Å². The topological polar surface area (TPSA) is 70.6 Å². The van der Waals surface area contributed by atoms with Gasteiger partial charge in [-0.25, -0.2) is 4.98 Å². The molecule has 1 aliphatic rings. The van der Waals surface area contributed by atoms with Gasteiger partial charge in [0.2, 0.25) is 5.91 Å². The van der Waals surface area contributed by atoms with E-state index in [4.69, 9.17) is 4.74 Å². The number of pyridine rings is 2. The van der Waals surface area contributed by atoms with Crippen LogP contribution in [0.3, 0.4) is 0 Å². The number of morpholine rings is 1. The number of carbonyl (C=O) groups excluding carboxylic acids is 1. The Kier molecular flexibility index (Phi) is 7.12. The molecule has 27 heavy (non-hydrogen) atoms. The molecular weight excluding hydrogens is 342 g/mol. The van der Waals surface area contributed by atoms with Crippen molar-refractivity contribution >= 4 is 11.7 Å². The molecule has 2 aromatic heterocycles. The Balaban J connectivity index is 1.52. The summed E-state index contributed by atoms with van der Waals surface area (Å²) in [5.74, 6) is 0.919. The Morgan fingerprint density at radius 3 is 2.78 bits per heavy atom. The summed E-state index contributed by atoms with van der Waals surface area (Å²) in [5, 5.41) is 3.01. The molecule has 0 saturated carbocycles. The van der Waals surface area contributed by atoms with Crippen molar-refractivity contribution in [3.05, 3.63) is 54.0 Å². The van der Waals surface area contributed by atoms with Crippen LogP contribution in [-0.2, 0) is 22.5 Å². The van der Waals surface area contributed by atoms with Crippen LogP contribution in [0.4, 0.5) is 5.82 Å². The molecule has 1 saturated heterocycles. The summed E-state index contributed by atoms with van der Waals surface area (Å²) in [5.41, 5.74) is 2.07. The van der Waals surface area contributed by atoms with Crippen molar-refractivity contribution in [1.29, 1.82) is 0 Å². The quantitative estimate of drug-likeness (QED) is 0.752. The lowest BCUT2D eigenvalue weighted by molar-refractivity contribution is -0.123. The number of nitrogens with zero attached hydrogens (tertiary/aromatic N) is 4. The molecule has 0 bridgehead atoms. The van der Waals surface area contributed by atoms with E-state index in [0.29, 0.717) is 26.3 Å². The minimum absolute atomic E-state index is 0.0304. The molecule has 1 aliphatic heterocycles. The highest BCUT2D eigenvalue weighted by atomic mass is 16.5. The van der Waals surface area contributed by atoms with Gasteiger partial charge in [0.1, 0.15) is 5.82 Å². The van der Waals surface area contributed by atoms with Crippen LogP contribution in [0.5, 0.6) is 0 Å². The third-order valence-corrected chi connectivity index (χ3v) is 4.61. The summed E-state index contributed by atoms with van der Waals surface area (Å²) < 4.78 is 5.32. The summed E-state index contributed by atoms with van der Waals surface area (Å²) >= 11 is 0. The Morgan fingerprint density at radius 1 is 1.19 bits per heavy atom. The van der Waals surface area contributed by atoms with Crippen molar-refractivity contribution in [2.45, 2.75) is 13.0 Å². The van der Waals surface area contributed by atoms with Crippen LogP contribution in [-0.4, -0.2) is 67.2 Å². The first-order valence-electron chi connectivity index (χ1n) is 9.34. The Hall–Kier alpha value is -2.51. The molecular formula is C20H27N5O2. The second kappa shape index (κ2) is 9.99. The highest BCUT2D eigenvalue weighted by Gasteiger charge is 2.15. The van der Waals surface area contributed by atoms with Crippen LogP contribution < -0.4 is 10.2 Å². The zero-order chi connectivity index (χ0) is 18.9. The van der Waals surface area contributed by atoms with Gasteiger partial charge >= 0.3 is 0 Å². The number of aromatic nitrogens is 2. The molecule has 0 radical (unpaired) electrons. The summed E-state index contributed by atoms with van der Waals surface area (Å²) in [6.45, 7) is 4.70. The molecule has 144 valence electrons. The van der Waals surface area contributed by atoms with Gasteiger partial charge in [0.15, 0.2) is 0 Å². The number of rotatable bonds is 8. The summed E-state index contributed by atoms with van der Waals surface area (Å²) in [7, 11) is 2.02. The fourth-order valence-corrected chi connectivity index (χ4v) is 3.06. The molecule has 2 aromatic rings. The molecule has 3 heterocycles. The average molecular weight is 369 g/mol. The van der Waals surface area contributed by atoms with Crippen molar-refractivity contribution < 1.29 is 9.53 Å². The van der Waals surface area contributed by atoms with E-state index in [9.17, 15) is 4.79 Å². The van der Waals surface area contributed by atoms with Crippen LogP contribution in [0.1, 0.15) is 11.3 Å². The van der Waals surface area contributed by atoms with Crippen molar-refractivity contribution in [3.8, 4) is 0 Å². The minimum atomic E-state index is 0.0304. The van der Waals surface area contributed by atoms with E-state index in [2.05, 4.69) is 25.1 Å². The van der Waals surface area contributed by atoms with Crippen LogP contribution in [0.15, 0.2) is 42.7 Å². The van der Waals surface area contributed by atoms with Gasteiger partial charge in [-0.2, -0.15) is 0 Å². The summed E-state index contributed by atoms with van der Waals surface area (Å²) in [6, 6.07) is 9.86. The zero-order valence-electron chi connectivity index (χ0n) is 15.8. The zero-order valence-corrected chi connectivity index (χ0v) is 15.8. The number of anilines is 1. The smallest absolute Gasteiger partial charge is 0.234 e. The maximum Gasteiger partial charge on any atom is 0.234 e. The van der Waals surface area contributed by atoms with E-state index < -0.39 is 0 Å². The van der Waals surface area contributed by atoms with Gasteiger partial charge < -0.3 is 15.0 Å². The Labute approximate surface area is 160 Å². The van der Waals surface area contributed by atoms with Crippen LogP contribution in [0.2, 0.25) is 0 Å². The number of hydrogen-bond donors (Lipinski definition) is 1. The van der Waals surface area contributed by atoms with E-state index in [-0.39, 0.29) is 5.91 Å². The first-order valence-corrected chi connectivity index (χ1v) is 9.34. The predicted octanol–water partition coefficient (Wildman–Crippen LogP) is 1.10. The van der Waals surface area contributed by atoms with E-state index in [0.717, 1.165) is 43.1 Å². The lowest BCUT2D eigenvalue weighted by Gasteiger charge is -2.26. The third kappa shape index (κ3) is 6.01. The second-order valence-electron chi connectivity index (χ2n) is 6.64. The Bertz CT molecular complexity index is 719. The van der Waals surface area contributed by atoms with Gasteiger partial charge in [-0.15, -0.1) is 0 Å². The maximum absolute atomic E-state index is 12.2. The fourth-order valence-electron chi connectivity index (χ4n) is 3.06. The van der Waals surface area contributed by atoms with Gasteiger partial charge in [-0.05, 0) is 18.2 Å². The molecule has 1 fully saturated rings. The van der Waals surface area contributed by atoms with E-state index in [1.807, 2.05) is 43.6 Å². The molecule has 7 heteroatoms. The number of hydrogen-bond acceptors (Lipinski definition) is 6. The summed E-state index contributed by atoms with van der Waals surface area (Å²) in [4.78, 5) is 25.3. The Morgan fingerprint density at radius 2 is 2.00 bits per heavy atom. The first kappa shape index (κ1) is 19.3. The number of ether oxygens (including phenoxy) is 1. The normalized spacial score (nSPS) is 14.7. The van der Waals surface area contributed by atoms with Crippen molar-refractivity contribution in [3.63, 3.8) is 0 Å². The second-order valence-corrected chi connectivity index (χ2v) is 6.64. The van der Waals surface area contributed by atoms with Crippen molar-refractivity contribution in [1.82, 2.24) is 20.2 Å². The van der Waals surface area contributed by atoms with Gasteiger partial charge in [0.05, 0.1) is 19.8 Å². The van der Waals surface area contributed by atoms with Gasteiger partial charge in [0.25, 0.3) is 0 Å². The largest absolute Gasteiger partial charge is 0.379 e. The minimum Gasteiger partial charge on any atom is -0.379 e. The van der Waals surface area contributed by atoms with Gasteiger partial charge in [-0.1, -0.05) is 12.1 Å². The molecule has 0 unspecified atom stereocenters. The van der Waals surface area contributed by atoms with Gasteiger partial charge in [0, 0.05) is 63.3 Å². The third-order valence-electron chi connectivity index (χ3n) is 4.61. The molecule has 0 atom stereocenters. The number of nitrogens with one attached hydrogen (secondary N) is 1. The van der Waals surface area contributed by atoms with Crippen molar-refractivity contribution in [2.24, 2.45) is 0 Å². The number of carbonyl (C=O) groups is 1. The van der Waals surface area contributed by atoms with E-state index in [1.165, 1.54) is 0 Å². The molecule has 1 amide bonds. The molecule has 0 spiro atoms. The van der Waals surface area contributed by atoms with E-state index >= 15 is 0 Å². The SMILES string of the molecule is CN(CCc1ccccn1)c1ncccc1CNC(=O)CN1CCOCC1. The summed E-state index contributed by atoms with van der Waals surface area (Å²) in [6.07, 6.45) is 4.44. The van der Waals surface area contributed by atoms with Crippen LogP contribution in [0, 0.1) is 0 Å². The molecule has 1 N–H and O–H groups in total. The number of likely N-dealkylation sites (N-methyl/N-ethyl adjacent to an activating group) is 1. The monoisotopic (exact) mass is 369 g/mol. The fraction of sp³-hybridized carbons (Fsp3) is 0.450. The highest BCUT2D eigenvalue weighted by Crippen LogP contribution is 2.16. The number of amides is 1. The molecule has 0 aliphatic carbocycles. The molecule has 0 aromatic carbocycles. The maximum atomic E-state index is 12.2. The lowest BCUT2D eigenvalue weighted by atomic mass is 10.2. The first-order chi connectivity index (χ1) is 13.2. The predicted molar refractivity (Wildman–Crippen MR) is 105 cm³/mol. The molecule has 7 nitrogen and oxygen atoms in total. The standard InChI is InChI=1S/C20H27N5O2/c1-24(10-7-18-6-2-3-8-21-18)20-17(5-4-9-22-20)15-23-19(26)16-25-11-13-27-14-12-25/h2-6,8-9H,7,10-16H2,1H3,(H,23,26). The lowest BCUT2D eigenvalue weighted by Crippen LogP contribution is -2.43. The van der Waals surface area contributed by atoms with Gasteiger partial charge in [-0.3, -0.25) is 14.7 Å². The van der Waals surface area contributed by atoms with E-state index in [1.54, 1.807) is 6.20 Å². The van der Waals surface area contributed by atoms with Crippen LogP contribution in [0.25, 0.3) is 0 Å².